The van der Waals surface area contributed by atoms with Gasteiger partial charge in [-0.2, -0.15) is 0 Å². The summed E-state index contributed by atoms with van der Waals surface area (Å²) in [5.41, 5.74) is 2.26. The van der Waals surface area contributed by atoms with Gasteiger partial charge < -0.3 is 14.5 Å². The van der Waals surface area contributed by atoms with Crippen molar-refractivity contribution >= 4 is 5.91 Å². The van der Waals surface area contributed by atoms with Crippen molar-refractivity contribution in [3.8, 4) is 5.75 Å². The fraction of sp³-hybridized carbons (Fsp3) is 0.591. The van der Waals surface area contributed by atoms with Crippen LogP contribution in [0.25, 0.3) is 0 Å². The number of likely N-dealkylation sites (tertiary alicyclic amines) is 1. The molecule has 0 radical (unpaired) electrons. The molecular formula is C22H32N2O2. The van der Waals surface area contributed by atoms with Crippen LogP contribution >= 0.6 is 0 Å². The molecular weight excluding hydrogens is 324 g/mol. The van der Waals surface area contributed by atoms with Crippen LogP contribution in [0.3, 0.4) is 0 Å². The maximum atomic E-state index is 12.4. The molecule has 142 valence electrons. The second-order valence-electron chi connectivity index (χ2n) is 8.14. The van der Waals surface area contributed by atoms with Gasteiger partial charge in [-0.05, 0) is 56.0 Å². The van der Waals surface area contributed by atoms with Gasteiger partial charge in [0.05, 0.1) is 0 Å². The van der Waals surface area contributed by atoms with E-state index < -0.39 is 0 Å². The van der Waals surface area contributed by atoms with Crippen molar-refractivity contribution in [3.63, 3.8) is 0 Å². The molecule has 1 aromatic rings. The van der Waals surface area contributed by atoms with Crippen LogP contribution < -0.4 is 4.74 Å². The van der Waals surface area contributed by atoms with Gasteiger partial charge in [0.1, 0.15) is 12.4 Å². The van der Waals surface area contributed by atoms with Crippen molar-refractivity contribution in [1.29, 1.82) is 0 Å². The number of hydrogen-bond donors (Lipinski definition) is 0. The lowest BCUT2D eigenvalue weighted by Crippen LogP contribution is -2.35. The molecule has 26 heavy (non-hydrogen) atoms. The highest BCUT2D eigenvalue weighted by Crippen LogP contribution is 2.29. The predicted molar refractivity (Wildman–Crippen MR) is 105 cm³/mol. The predicted octanol–water partition coefficient (Wildman–Crippen LogP) is 3.86. The van der Waals surface area contributed by atoms with E-state index in [4.69, 9.17) is 4.74 Å². The van der Waals surface area contributed by atoms with Gasteiger partial charge in [-0.15, -0.1) is 0 Å². The molecule has 2 fully saturated rings. The van der Waals surface area contributed by atoms with Gasteiger partial charge in [0.25, 0.3) is 0 Å². The highest BCUT2D eigenvalue weighted by molar-refractivity contribution is 5.79. The average molecular weight is 357 g/mol. The summed E-state index contributed by atoms with van der Waals surface area (Å²) in [6.45, 7) is 9.18. The molecule has 0 N–H and O–H groups in total. The smallest absolute Gasteiger partial charge is 0.223 e. The van der Waals surface area contributed by atoms with Crippen LogP contribution in [0.4, 0.5) is 0 Å². The number of carbonyl (C=O) groups is 1. The lowest BCUT2D eigenvalue weighted by Gasteiger charge is -2.25. The van der Waals surface area contributed by atoms with E-state index in [2.05, 4.69) is 35.6 Å². The Morgan fingerprint density at radius 3 is 2.85 bits per heavy atom. The van der Waals surface area contributed by atoms with E-state index in [9.17, 15) is 4.79 Å². The molecule has 1 aromatic carbocycles. The largest absolute Gasteiger partial charge is 0.489 e. The molecule has 1 saturated carbocycles. The Balaban J connectivity index is 1.49. The number of ether oxygens (including phenoxy) is 1. The Morgan fingerprint density at radius 2 is 2.12 bits per heavy atom. The molecule has 0 spiro atoms. The molecule has 0 aromatic heterocycles. The second-order valence-corrected chi connectivity index (χ2v) is 8.14. The molecule has 1 heterocycles. The Kier molecular flexibility index (Phi) is 6.36. The molecule has 1 aliphatic carbocycles. The first kappa shape index (κ1) is 19.0. The summed E-state index contributed by atoms with van der Waals surface area (Å²) < 4.78 is 5.74. The molecule has 4 heteroatoms. The fourth-order valence-corrected chi connectivity index (χ4v) is 4.26. The normalized spacial score (nSPS) is 21.0. The average Bonchev–Trinajstić information content (AvgIpc) is 3.22. The minimum atomic E-state index is 0.366. The Bertz CT molecular complexity index is 637. The summed E-state index contributed by atoms with van der Waals surface area (Å²) in [4.78, 5) is 16.9. The van der Waals surface area contributed by atoms with Gasteiger partial charge in [-0.25, -0.2) is 0 Å². The van der Waals surface area contributed by atoms with Crippen LogP contribution in [0.15, 0.2) is 36.4 Å². The molecule has 1 aliphatic heterocycles. The van der Waals surface area contributed by atoms with E-state index in [1.807, 2.05) is 19.1 Å². The van der Waals surface area contributed by atoms with Gasteiger partial charge in [0.15, 0.2) is 0 Å². The minimum Gasteiger partial charge on any atom is -0.489 e. The summed E-state index contributed by atoms with van der Waals surface area (Å²) in [6, 6.07) is 8.78. The van der Waals surface area contributed by atoms with Crippen LogP contribution in [-0.4, -0.2) is 48.5 Å². The van der Waals surface area contributed by atoms with Gasteiger partial charge >= 0.3 is 0 Å². The van der Waals surface area contributed by atoms with Crippen LogP contribution in [0.2, 0.25) is 0 Å². The standard InChI is InChI=1S/C22H32N2O2/c1-17(2)16-26-21-10-6-7-18(11-21)13-23(3)14-19-12-22(25)24(15-19)20-8-4-5-9-20/h6-7,10-11,19-20H,1,4-5,8-9,12-16H2,2-3H3/t19-/m1/s1. The fourth-order valence-electron chi connectivity index (χ4n) is 4.26. The molecule has 1 saturated heterocycles. The molecule has 0 unspecified atom stereocenters. The summed E-state index contributed by atoms with van der Waals surface area (Å²) in [5, 5.41) is 0. The third kappa shape index (κ3) is 5.10. The number of hydrogen-bond acceptors (Lipinski definition) is 3. The zero-order valence-corrected chi connectivity index (χ0v) is 16.2. The first-order valence-electron chi connectivity index (χ1n) is 9.85. The zero-order valence-electron chi connectivity index (χ0n) is 16.2. The second kappa shape index (κ2) is 8.72. The minimum absolute atomic E-state index is 0.366. The third-order valence-electron chi connectivity index (χ3n) is 5.41. The Hall–Kier alpha value is -1.81. The number of carbonyl (C=O) groups excluding carboxylic acids is 1. The lowest BCUT2D eigenvalue weighted by atomic mass is 10.1. The molecule has 1 amide bonds. The number of amides is 1. The van der Waals surface area contributed by atoms with Crippen LogP contribution in [0.5, 0.6) is 5.75 Å². The molecule has 0 bridgehead atoms. The van der Waals surface area contributed by atoms with Crippen molar-refractivity contribution in [2.45, 2.75) is 51.6 Å². The Morgan fingerprint density at radius 1 is 1.35 bits per heavy atom. The van der Waals surface area contributed by atoms with Gasteiger partial charge in [0.2, 0.25) is 5.91 Å². The SMILES string of the molecule is C=C(C)COc1cccc(CN(C)C[C@H]2CC(=O)N(C3CCCC3)C2)c1. The highest BCUT2D eigenvalue weighted by Gasteiger charge is 2.35. The zero-order chi connectivity index (χ0) is 18.5. The van der Waals surface area contributed by atoms with Crippen molar-refractivity contribution in [2.24, 2.45) is 5.92 Å². The van der Waals surface area contributed by atoms with E-state index in [-0.39, 0.29) is 0 Å². The van der Waals surface area contributed by atoms with Crippen molar-refractivity contribution < 1.29 is 9.53 Å². The molecule has 4 nitrogen and oxygen atoms in total. The summed E-state index contributed by atoms with van der Waals surface area (Å²) in [6.07, 6.45) is 5.67. The van der Waals surface area contributed by atoms with Gasteiger partial charge in [-0.3, -0.25) is 4.79 Å². The molecule has 3 rings (SSSR count). The topological polar surface area (TPSA) is 32.8 Å². The quantitative estimate of drug-likeness (QED) is 0.663. The summed E-state index contributed by atoms with van der Waals surface area (Å²) >= 11 is 0. The summed E-state index contributed by atoms with van der Waals surface area (Å²) in [7, 11) is 2.14. The first-order chi connectivity index (χ1) is 12.5. The van der Waals surface area contributed by atoms with E-state index in [1.165, 1.54) is 31.2 Å². The van der Waals surface area contributed by atoms with Gasteiger partial charge in [0, 0.05) is 32.1 Å². The van der Waals surface area contributed by atoms with Crippen molar-refractivity contribution in [2.75, 3.05) is 26.7 Å². The van der Waals surface area contributed by atoms with E-state index in [1.54, 1.807) is 0 Å². The van der Waals surface area contributed by atoms with Crippen molar-refractivity contribution in [1.82, 2.24) is 9.80 Å². The number of rotatable bonds is 8. The van der Waals surface area contributed by atoms with E-state index >= 15 is 0 Å². The first-order valence-corrected chi connectivity index (χ1v) is 9.85. The lowest BCUT2D eigenvalue weighted by molar-refractivity contribution is -0.129. The Labute approximate surface area is 157 Å². The maximum absolute atomic E-state index is 12.4. The van der Waals surface area contributed by atoms with Crippen LogP contribution in [0, 0.1) is 5.92 Å². The van der Waals surface area contributed by atoms with Gasteiger partial charge in [-0.1, -0.05) is 31.6 Å². The van der Waals surface area contributed by atoms with Crippen LogP contribution in [0.1, 0.15) is 44.6 Å². The van der Waals surface area contributed by atoms with E-state index in [0.29, 0.717) is 30.9 Å². The highest BCUT2D eigenvalue weighted by atomic mass is 16.5. The van der Waals surface area contributed by atoms with E-state index in [0.717, 1.165) is 31.0 Å². The molecule has 1 atom stereocenters. The third-order valence-corrected chi connectivity index (χ3v) is 5.41. The molecule has 2 aliphatic rings. The monoisotopic (exact) mass is 356 g/mol. The number of benzene rings is 1. The number of nitrogens with zero attached hydrogens (tertiary/aromatic N) is 2. The summed E-state index contributed by atoms with van der Waals surface area (Å²) in [5.74, 6) is 1.71. The van der Waals surface area contributed by atoms with Crippen molar-refractivity contribution in [3.05, 3.63) is 42.0 Å². The maximum Gasteiger partial charge on any atom is 0.223 e. The van der Waals surface area contributed by atoms with Crippen LogP contribution in [-0.2, 0) is 11.3 Å².